The number of rotatable bonds is 44. The molecular weight excluding hydrogens is 1090 g/mol. The fraction of sp³-hybridized carbons (Fsp3) is 0.639. The summed E-state index contributed by atoms with van der Waals surface area (Å²) in [4.78, 5) is 38.2. The average Bonchev–Trinajstić information content (AvgIpc) is 4.34. The first kappa shape index (κ1) is 68.4. The highest BCUT2D eigenvalue weighted by Gasteiger charge is 2.45. The zero-order valence-electron chi connectivity index (χ0n) is 49.2. The van der Waals surface area contributed by atoms with Gasteiger partial charge in [-0.05, 0) is 44.4 Å². The number of carbonyl (C=O) groups excluding carboxylic acids is 3. The smallest absolute Gasteiger partial charge is 0.315 e. The van der Waals surface area contributed by atoms with Crippen molar-refractivity contribution in [2.24, 2.45) is 0 Å². The van der Waals surface area contributed by atoms with E-state index in [4.69, 9.17) is 47.4 Å². The lowest BCUT2D eigenvalue weighted by molar-refractivity contribution is -0.442. The van der Waals surface area contributed by atoms with Crippen LogP contribution in [0.2, 0.25) is 0 Å². The van der Waals surface area contributed by atoms with E-state index in [1.165, 1.54) is 33.9 Å². The van der Waals surface area contributed by atoms with Crippen LogP contribution in [0.15, 0.2) is 84.6 Å². The molecule has 4 N–H and O–H groups in total. The molecule has 2 saturated heterocycles. The maximum Gasteiger partial charge on any atom is 0.315 e. The van der Waals surface area contributed by atoms with Crippen LogP contribution in [0.4, 0.5) is 16.2 Å². The number of unbranched alkanes of at least 4 members (excludes halogenated alkanes) is 1. The van der Waals surface area contributed by atoms with E-state index in [1.807, 2.05) is 11.8 Å². The summed E-state index contributed by atoms with van der Waals surface area (Å²) in [5.41, 5.74) is 7.11. The van der Waals surface area contributed by atoms with Gasteiger partial charge in [0.25, 0.3) is 0 Å². The number of urea groups is 1. The van der Waals surface area contributed by atoms with E-state index in [-0.39, 0.29) is 59.6 Å². The predicted molar refractivity (Wildman–Crippen MR) is 316 cm³/mol. The van der Waals surface area contributed by atoms with Crippen molar-refractivity contribution in [3.8, 4) is 0 Å². The number of fused-ring (bicyclic) bond motifs is 3. The molecule has 4 aliphatic heterocycles. The molecule has 0 bridgehead atoms. The molecule has 6 rings (SSSR count). The number of hydrogen-bond donors (Lipinski definition) is 4. The molecule has 4 amide bonds. The lowest BCUT2D eigenvalue weighted by Crippen LogP contribution is -3.00. The molecule has 2 aromatic carbocycles. The largest absolute Gasteiger partial charge is 1.00 e. The third kappa shape index (κ3) is 22.5. The molecule has 3 atom stereocenters. The summed E-state index contributed by atoms with van der Waals surface area (Å²) >= 11 is 1.89. The van der Waals surface area contributed by atoms with E-state index in [2.05, 4.69) is 137 Å². The van der Waals surface area contributed by atoms with Crippen molar-refractivity contribution in [2.75, 3.05) is 169 Å². The van der Waals surface area contributed by atoms with Gasteiger partial charge in [0.1, 0.15) is 6.61 Å². The van der Waals surface area contributed by atoms with Gasteiger partial charge in [0.05, 0.1) is 136 Å². The molecule has 82 heavy (non-hydrogen) atoms. The van der Waals surface area contributed by atoms with E-state index < -0.39 is 0 Å². The topological polar surface area (TPSA) is 198 Å². The maximum atomic E-state index is 12.2. The van der Waals surface area contributed by atoms with Gasteiger partial charge < -0.3 is 85.9 Å². The van der Waals surface area contributed by atoms with Crippen molar-refractivity contribution in [1.82, 2.24) is 21.3 Å². The standard InChI is InChI=1S/C61H92N6O13S.ClH/c1-60(2)48-15-9-11-17-51(48)66(26-31-75-38-41-79-44-43-77-34-33-71-5)54(60)20-7-6-8-21-55-61(3,4)49-16-10-12-18-52(49)67(55)27-32-76-39-42-80-46-45-78-40-35-72-28-23-57(69)63-25-30-74-37-36-73-29-24-62-56(68)22-14-13-19-53-58-50(47-81-53)64-59(70)65-58;/h6-12,15-18,20-21,50,53,58H,13-14,19,22-47H2,1-5H3,(H3-,62,63,64,65,68,69,70);1H. The molecule has 19 nitrogen and oxygen atoms in total. The Hall–Kier alpha value is -4.42. The number of allylic oxidation sites excluding steroid dienone is 6. The van der Waals surface area contributed by atoms with Crippen LogP contribution in [0, 0.1) is 0 Å². The summed E-state index contributed by atoms with van der Waals surface area (Å²) in [6, 6.07) is 17.6. The van der Waals surface area contributed by atoms with Gasteiger partial charge in [0.2, 0.25) is 17.5 Å². The zero-order chi connectivity index (χ0) is 57.4. The maximum absolute atomic E-state index is 12.2. The van der Waals surface area contributed by atoms with Gasteiger partial charge >= 0.3 is 6.03 Å². The Kier molecular flexibility index (Phi) is 32.1. The molecule has 0 aromatic heterocycles. The monoisotopic (exact) mass is 1180 g/mol. The van der Waals surface area contributed by atoms with Gasteiger partial charge in [-0.15, -0.1) is 0 Å². The number of anilines is 1. The van der Waals surface area contributed by atoms with E-state index in [1.54, 1.807) is 7.11 Å². The fourth-order valence-corrected chi connectivity index (χ4v) is 11.9. The Labute approximate surface area is 497 Å². The van der Waals surface area contributed by atoms with Crippen LogP contribution in [0.3, 0.4) is 0 Å². The van der Waals surface area contributed by atoms with Gasteiger partial charge in [-0.3, -0.25) is 9.59 Å². The van der Waals surface area contributed by atoms with E-state index in [0.717, 1.165) is 31.6 Å². The second-order valence-corrected chi connectivity index (χ2v) is 22.4. The van der Waals surface area contributed by atoms with E-state index >= 15 is 0 Å². The molecule has 0 saturated carbocycles. The summed E-state index contributed by atoms with van der Waals surface area (Å²) in [5, 5.41) is 12.1. The lowest BCUT2D eigenvalue weighted by atomic mass is 9.81. The molecule has 2 aromatic rings. The van der Waals surface area contributed by atoms with Crippen molar-refractivity contribution in [2.45, 2.75) is 88.0 Å². The minimum Gasteiger partial charge on any atom is -1.00 e. The van der Waals surface area contributed by atoms with Crippen molar-refractivity contribution < 1.29 is 78.7 Å². The normalized spacial score (nSPS) is 19.0. The highest BCUT2D eigenvalue weighted by atomic mass is 35.5. The van der Waals surface area contributed by atoms with Gasteiger partial charge in [-0.1, -0.05) is 74.9 Å². The van der Waals surface area contributed by atoms with Gasteiger partial charge in [0, 0.05) is 85.1 Å². The summed E-state index contributed by atoms with van der Waals surface area (Å²) in [6.07, 6.45) is 14.4. The number of nitrogens with zero attached hydrogens (tertiary/aromatic N) is 2. The van der Waals surface area contributed by atoms with Crippen molar-refractivity contribution in [1.29, 1.82) is 0 Å². The van der Waals surface area contributed by atoms with Crippen molar-refractivity contribution >= 4 is 46.7 Å². The summed E-state index contributed by atoms with van der Waals surface area (Å²) < 4.78 is 58.6. The lowest BCUT2D eigenvalue weighted by Gasteiger charge is -2.27. The molecule has 0 spiro atoms. The fourth-order valence-electron chi connectivity index (χ4n) is 10.3. The number of nitrogens with one attached hydrogen (secondary N) is 4. The first-order valence-corrected chi connectivity index (χ1v) is 30.1. The van der Waals surface area contributed by atoms with Crippen LogP contribution in [0.1, 0.15) is 70.9 Å². The second kappa shape index (κ2) is 38.5. The molecule has 21 heteroatoms. The number of thioether (sulfide) groups is 1. The van der Waals surface area contributed by atoms with Gasteiger partial charge in [-0.25, -0.2) is 4.79 Å². The highest BCUT2D eigenvalue weighted by Crippen LogP contribution is 2.47. The molecular formula is C61H93ClN6O13S. The Balaban J connectivity index is 0.0000123. The van der Waals surface area contributed by atoms with E-state index in [0.29, 0.717) is 157 Å². The third-order valence-electron chi connectivity index (χ3n) is 14.6. The molecule has 0 aliphatic carbocycles. The molecule has 4 aliphatic rings. The van der Waals surface area contributed by atoms with Crippen LogP contribution in [0.25, 0.3) is 0 Å². The SMILES string of the molecule is COCCOCCOCCOCC[N+]1=C(/C=C/C=C/C=C2\N(CCOCCOCCOCCOCCC(=O)NCCOCCOCCNC(=O)CCCCC3SCC4NC(=O)NC43)c3ccccc3C2(C)C)C(C)(C)c2ccccc21.[Cl-]. The first-order chi connectivity index (χ1) is 39.5. The number of carbonyl (C=O) groups is 3. The Bertz CT molecular complexity index is 2340. The molecule has 4 heterocycles. The zero-order valence-corrected chi connectivity index (χ0v) is 50.8. The van der Waals surface area contributed by atoms with Crippen LogP contribution in [-0.4, -0.2) is 210 Å². The summed E-state index contributed by atoms with van der Waals surface area (Å²) in [7, 11) is 1.66. The Morgan fingerprint density at radius 1 is 0.634 bits per heavy atom. The molecule has 3 unspecified atom stereocenters. The average molecular weight is 1190 g/mol. The van der Waals surface area contributed by atoms with E-state index in [9.17, 15) is 14.4 Å². The number of benzene rings is 2. The number of para-hydroxylation sites is 2. The van der Waals surface area contributed by atoms with Crippen molar-refractivity contribution in [3.63, 3.8) is 0 Å². The molecule has 0 radical (unpaired) electrons. The summed E-state index contributed by atoms with van der Waals surface area (Å²) in [5.74, 6) is 0.863. The number of amides is 4. The molecule has 458 valence electrons. The first-order valence-electron chi connectivity index (χ1n) is 29.1. The number of hydrogen-bond acceptors (Lipinski definition) is 15. The number of halogens is 1. The van der Waals surface area contributed by atoms with Crippen LogP contribution in [0.5, 0.6) is 0 Å². The third-order valence-corrected chi connectivity index (χ3v) is 16.1. The number of methoxy groups -OCH3 is 1. The predicted octanol–water partition coefficient (Wildman–Crippen LogP) is 3.01. The Morgan fingerprint density at radius 2 is 1.18 bits per heavy atom. The van der Waals surface area contributed by atoms with Gasteiger partial charge in [0.15, 0.2) is 12.3 Å². The second-order valence-electron chi connectivity index (χ2n) is 21.1. The van der Waals surface area contributed by atoms with Crippen molar-refractivity contribution in [3.05, 3.63) is 95.7 Å². The quantitative estimate of drug-likeness (QED) is 0.0327. The van der Waals surface area contributed by atoms with Crippen LogP contribution < -0.4 is 38.6 Å². The minimum absolute atomic E-state index is 0. The Morgan fingerprint density at radius 3 is 1.83 bits per heavy atom. The highest BCUT2D eigenvalue weighted by molar-refractivity contribution is 8.00. The van der Waals surface area contributed by atoms with Gasteiger partial charge in [-0.2, -0.15) is 16.3 Å². The van der Waals surface area contributed by atoms with Crippen LogP contribution in [-0.2, 0) is 67.8 Å². The minimum atomic E-state index is -0.186. The van der Waals surface area contributed by atoms with Crippen LogP contribution >= 0.6 is 11.8 Å². The summed E-state index contributed by atoms with van der Waals surface area (Å²) in [6.45, 7) is 20.3. The molecule has 2 fully saturated rings. The number of ether oxygens (including phenoxy) is 10.